The Hall–Kier alpha value is -3.32. The monoisotopic (exact) mass is 577 g/mol. The zero-order valence-corrected chi connectivity index (χ0v) is 24.4. The van der Waals surface area contributed by atoms with Crippen molar-refractivity contribution in [1.82, 2.24) is 4.72 Å². The Morgan fingerprint density at radius 2 is 1.77 bits per heavy atom. The van der Waals surface area contributed by atoms with Crippen molar-refractivity contribution in [2.45, 2.75) is 78.4 Å². The summed E-state index contributed by atoms with van der Waals surface area (Å²) in [6.45, 7) is 8.96. The molecule has 0 heterocycles. The number of carbonyl (C=O) groups is 4. The van der Waals surface area contributed by atoms with Crippen molar-refractivity contribution in [3.05, 3.63) is 29.8 Å². The molecule has 1 aromatic carbocycles. The van der Waals surface area contributed by atoms with E-state index < -0.39 is 62.7 Å². The number of sulfonamides is 1. The minimum Gasteiger partial charge on any atom is -0.459 e. The number of carbonyl (C=O) groups excluding carboxylic acids is 4. The van der Waals surface area contributed by atoms with E-state index in [1.165, 1.54) is 0 Å². The minimum absolute atomic E-state index is 0.0295. The Bertz CT molecular complexity index is 1310. The van der Waals surface area contributed by atoms with E-state index in [2.05, 4.69) is 15.0 Å². The highest BCUT2D eigenvalue weighted by Crippen LogP contribution is 2.64. The summed E-state index contributed by atoms with van der Waals surface area (Å²) in [5.74, 6) is -2.87. The van der Waals surface area contributed by atoms with Crippen LogP contribution in [0.3, 0.4) is 0 Å². The number of hydrogen-bond acceptors (Lipinski definition) is 7. The molecular formula is C27H39N5O7S. The van der Waals surface area contributed by atoms with Crippen LogP contribution in [0, 0.1) is 16.7 Å². The quantitative estimate of drug-likeness (QED) is 0.137. The molecule has 3 atom stereocenters. The number of benzene rings is 1. The molecule has 13 heteroatoms. The highest BCUT2D eigenvalue weighted by molar-refractivity contribution is 7.89. The van der Waals surface area contributed by atoms with Crippen LogP contribution in [0.1, 0.15) is 65.9 Å². The summed E-state index contributed by atoms with van der Waals surface area (Å²) in [6.07, 6.45) is 1.10. The van der Waals surface area contributed by atoms with Crippen molar-refractivity contribution >= 4 is 45.2 Å². The number of anilines is 1. The topological polar surface area (TPSA) is 200 Å². The Kier molecular flexibility index (Phi) is 8.80. The van der Waals surface area contributed by atoms with Gasteiger partial charge in [-0.15, -0.1) is 0 Å². The zero-order valence-electron chi connectivity index (χ0n) is 23.6. The van der Waals surface area contributed by atoms with E-state index in [0.717, 1.165) is 6.42 Å². The Morgan fingerprint density at radius 1 is 1.15 bits per heavy atom. The lowest BCUT2D eigenvalue weighted by Gasteiger charge is -2.36. The summed E-state index contributed by atoms with van der Waals surface area (Å²) >= 11 is 0. The second-order valence-corrected chi connectivity index (χ2v) is 13.9. The summed E-state index contributed by atoms with van der Waals surface area (Å²) in [5.41, 5.74) is 8.93. The first-order chi connectivity index (χ1) is 18.3. The third kappa shape index (κ3) is 7.25. The molecule has 40 heavy (non-hydrogen) atoms. The number of ether oxygens (including phenoxy) is 1. The highest BCUT2D eigenvalue weighted by Gasteiger charge is 2.65. The second kappa shape index (κ2) is 11.3. The number of aliphatic imine (C=N–C) groups is 1. The van der Waals surface area contributed by atoms with Crippen LogP contribution in [-0.2, 0) is 40.4 Å². The molecule has 0 radical (unpaired) electrons. The first kappa shape index (κ1) is 31.2. The van der Waals surface area contributed by atoms with Crippen LogP contribution in [0.25, 0.3) is 0 Å². The standard InChI is InChI=1S/C27H39N5O7S/c1-25(2,3)39-23(36)19(32-40(37,38)15-27-11-10-17(13-20(27)33)26(27,4)5)12-16-6-8-18(9-7-16)30-21(34)14-22(35)31-24(28)29/h6-9,17,19,32H,10-15H2,1-5H3,(H,30,34)(H4,28,29,31,35)/t17?,19-,27+/m0/s1. The van der Waals surface area contributed by atoms with E-state index in [1.807, 2.05) is 13.8 Å². The van der Waals surface area contributed by atoms with Gasteiger partial charge in [0, 0.05) is 17.5 Å². The fourth-order valence-electron chi connectivity index (χ4n) is 5.72. The zero-order chi connectivity index (χ0) is 30.1. The Morgan fingerprint density at radius 3 is 2.27 bits per heavy atom. The number of nitrogens with two attached hydrogens (primary N) is 2. The van der Waals surface area contributed by atoms with Gasteiger partial charge in [0.15, 0.2) is 5.96 Å². The van der Waals surface area contributed by atoms with Crippen LogP contribution in [0.2, 0.25) is 0 Å². The Balaban J connectivity index is 1.75. The lowest BCUT2D eigenvalue weighted by Crippen LogP contribution is -2.50. The van der Waals surface area contributed by atoms with Crippen molar-refractivity contribution in [1.29, 1.82) is 0 Å². The highest BCUT2D eigenvalue weighted by atomic mass is 32.2. The number of amides is 2. The van der Waals surface area contributed by atoms with E-state index in [9.17, 15) is 27.6 Å². The molecule has 1 unspecified atom stereocenters. The molecule has 0 aliphatic heterocycles. The number of rotatable bonds is 10. The van der Waals surface area contributed by atoms with Gasteiger partial charge in [-0.2, -0.15) is 4.99 Å². The summed E-state index contributed by atoms with van der Waals surface area (Å²) in [5, 5.41) is 2.54. The lowest BCUT2D eigenvalue weighted by atomic mass is 9.70. The molecule has 0 spiro atoms. The second-order valence-electron chi connectivity index (χ2n) is 12.2. The molecule has 2 saturated carbocycles. The van der Waals surface area contributed by atoms with E-state index in [1.54, 1.807) is 45.0 Å². The van der Waals surface area contributed by atoms with Crippen molar-refractivity contribution in [3.8, 4) is 0 Å². The van der Waals surface area contributed by atoms with Gasteiger partial charge in [-0.1, -0.05) is 26.0 Å². The van der Waals surface area contributed by atoms with Gasteiger partial charge in [0.2, 0.25) is 15.9 Å². The van der Waals surface area contributed by atoms with Gasteiger partial charge in [-0.25, -0.2) is 13.1 Å². The van der Waals surface area contributed by atoms with Crippen molar-refractivity contribution < 1.29 is 32.3 Å². The minimum atomic E-state index is -4.07. The third-order valence-corrected chi connectivity index (χ3v) is 9.35. The molecule has 2 amide bonds. The number of nitrogens with zero attached hydrogens (tertiary/aromatic N) is 1. The predicted molar refractivity (Wildman–Crippen MR) is 149 cm³/mol. The normalized spacial score (nSPS) is 22.4. The van der Waals surface area contributed by atoms with Gasteiger partial charge >= 0.3 is 5.97 Å². The fourth-order valence-corrected chi connectivity index (χ4v) is 7.75. The first-order valence-corrected chi connectivity index (χ1v) is 14.8. The lowest BCUT2D eigenvalue weighted by molar-refractivity contribution is -0.157. The molecule has 220 valence electrons. The number of esters is 1. The number of fused-ring (bicyclic) bond motifs is 2. The summed E-state index contributed by atoms with van der Waals surface area (Å²) in [4.78, 5) is 52.9. The van der Waals surface area contributed by atoms with Crippen LogP contribution in [0.4, 0.5) is 5.69 Å². The maximum absolute atomic E-state index is 13.4. The van der Waals surface area contributed by atoms with Gasteiger partial charge in [-0.3, -0.25) is 19.2 Å². The molecule has 0 saturated heterocycles. The number of Topliss-reactive ketones (excluding diaryl/α,β-unsaturated/α-hetero) is 1. The van der Waals surface area contributed by atoms with E-state index >= 15 is 0 Å². The van der Waals surface area contributed by atoms with E-state index in [0.29, 0.717) is 24.1 Å². The number of ketones is 1. The largest absolute Gasteiger partial charge is 0.459 e. The van der Waals surface area contributed by atoms with Crippen LogP contribution in [0.15, 0.2) is 29.3 Å². The molecule has 1 aromatic rings. The van der Waals surface area contributed by atoms with Gasteiger partial charge < -0.3 is 21.5 Å². The number of hydrogen-bond donors (Lipinski definition) is 4. The van der Waals surface area contributed by atoms with Crippen molar-refractivity contribution in [3.63, 3.8) is 0 Å². The van der Waals surface area contributed by atoms with Crippen LogP contribution < -0.4 is 21.5 Å². The maximum atomic E-state index is 13.4. The number of guanidine groups is 1. The van der Waals surface area contributed by atoms with Gasteiger partial charge in [0.1, 0.15) is 23.8 Å². The summed E-state index contributed by atoms with van der Waals surface area (Å²) < 4.78 is 34.9. The molecule has 2 bridgehead atoms. The fraction of sp³-hybridized carbons (Fsp3) is 0.593. The molecule has 2 aliphatic rings. The summed E-state index contributed by atoms with van der Waals surface area (Å²) in [7, 11) is -4.07. The molecule has 12 nitrogen and oxygen atoms in total. The van der Waals surface area contributed by atoms with Crippen LogP contribution >= 0.6 is 0 Å². The van der Waals surface area contributed by atoms with Crippen molar-refractivity contribution in [2.75, 3.05) is 11.1 Å². The molecule has 2 fully saturated rings. The summed E-state index contributed by atoms with van der Waals surface area (Å²) in [6, 6.07) is 5.09. The predicted octanol–water partition coefficient (Wildman–Crippen LogP) is 1.38. The van der Waals surface area contributed by atoms with Gasteiger partial charge in [-0.05, 0) is 69.1 Å². The smallest absolute Gasteiger partial charge is 0.325 e. The molecular weight excluding hydrogens is 538 g/mol. The average molecular weight is 578 g/mol. The molecule has 2 aliphatic carbocycles. The van der Waals surface area contributed by atoms with Gasteiger partial charge in [0.05, 0.1) is 5.75 Å². The third-order valence-electron chi connectivity index (χ3n) is 7.83. The number of nitrogens with one attached hydrogen (secondary N) is 2. The van der Waals surface area contributed by atoms with Gasteiger partial charge in [0.25, 0.3) is 5.91 Å². The Labute approximate surface area is 234 Å². The van der Waals surface area contributed by atoms with Crippen LogP contribution in [-0.4, -0.2) is 55.3 Å². The first-order valence-electron chi connectivity index (χ1n) is 13.1. The molecule has 0 aromatic heterocycles. The van der Waals surface area contributed by atoms with E-state index in [-0.39, 0.29) is 23.9 Å². The SMILES string of the molecule is CC(C)(C)OC(=O)[C@H](Cc1ccc(NC(=O)CC(=O)N=C(N)N)cc1)NS(=O)(=O)C[C@]12CCC(CC1=O)C2(C)C. The molecule has 3 rings (SSSR count). The maximum Gasteiger partial charge on any atom is 0.325 e. The van der Waals surface area contributed by atoms with Crippen molar-refractivity contribution in [2.24, 2.45) is 33.2 Å². The average Bonchev–Trinajstić information content (AvgIpc) is 3.12. The van der Waals surface area contributed by atoms with Crippen LogP contribution in [0.5, 0.6) is 0 Å². The van der Waals surface area contributed by atoms with E-state index in [4.69, 9.17) is 16.2 Å². The molecule has 6 N–H and O–H groups in total.